The molecule has 3 heterocycles. The Morgan fingerprint density at radius 1 is 0.656 bits per heavy atom. The lowest BCUT2D eigenvalue weighted by Gasteiger charge is -2.27. The lowest BCUT2D eigenvalue weighted by Crippen LogP contribution is -2.59. The van der Waals surface area contributed by atoms with Crippen LogP contribution in [-0.2, 0) is 59.8 Å². The van der Waals surface area contributed by atoms with Crippen LogP contribution >= 0.6 is 0 Å². The van der Waals surface area contributed by atoms with Gasteiger partial charge in [-0.1, -0.05) is 97.1 Å². The number of rotatable bonds is 11. The zero-order chi connectivity index (χ0) is 43.2. The van der Waals surface area contributed by atoms with E-state index < -0.39 is 76.3 Å². The first-order valence-electron chi connectivity index (χ1n) is 19.6. The molecule has 0 fully saturated rings. The highest BCUT2D eigenvalue weighted by Crippen LogP contribution is 2.20. The molecule has 316 valence electrons. The molecular formula is C45H46N6O9S. The van der Waals surface area contributed by atoms with Crippen molar-refractivity contribution < 1.29 is 41.7 Å². The topological polar surface area (TPSA) is 222 Å². The van der Waals surface area contributed by atoms with Gasteiger partial charge >= 0.3 is 0 Å². The highest BCUT2D eigenvalue weighted by Gasteiger charge is 2.32. The van der Waals surface area contributed by atoms with Crippen molar-refractivity contribution in [1.82, 2.24) is 31.6 Å². The number of amides is 5. The molecule has 5 aromatic rings. The highest BCUT2D eigenvalue weighted by molar-refractivity contribution is 7.85. The standard InChI is InChI=1S/C45H46N6O9S/c52-41-28-60-36-18-13-32(14-19-36)25-38(42(53)47-29-61(57,58)59)50-43(54)37(20-15-30-7-3-1-4-8-30)49-45(56)40(51-44(55)39(48-41)27-33-21-23-46-24-22-33)26-31-11-16-35(17-12-31)34-9-5-2-6-10-34/h1-14,16-19,21-24,37-40H,15,20,25-29H2,(H,47,53)(H,48,52)(H,49,56)(H,50,54)(H,51,55)(H,57,58,59)/t37-,38-,39-,40+/m0/s1. The normalized spacial score (nSPS) is 19.1. The first-order valence-corrected chi connectivity index (χ1v) is 21.2. The second-order valence-electron chi connectivity index (χ2n) is 14.6. The molecule has 16 heteroatoms. The molecule has 4 aromatic carbocycles. The van der Waals surface area contributed by atoms with Gasteiger partial charge in [-0.15, -0.1) is 0 Å². The van der Waals surface area contributed by atoms with Gasteiger partial charge in [-0.2, -0.15) is 8.42 Å². The number of aryl methyl sites for hydroxylation is 1. The van der Waals surface area contributed by atoms with E-state index in [0.717, 1.165) is 16.7 Å². The Hall–Kier alpha value is -6.91. The van der Waals surface area contributed by atoms with E-state index in [1.165, 1.54) is 0 Å². The van der Waals surface area contributed by atoms with Crippen LogP contribution in [-0.4, -0.2) is 84.1 Å². The van der Waals surface area contributed by atoms with Crippen LogP contribution in [0.4, 0.5) is 0 Å². The summed E-state index contributed by atoms with van der Waals surface area (Å²) in [6.07, 6.45) is 3.44. The van der Waals surface area contributed by atoms with Crippen LogP contribution in [0.1, 0.15) is 28.7 Å². The smallest absolute Gasteiger partial charge is 0.283 e. The number of pyridine rings is 1. The summed E-state index contributed by atoms with van der Waals surface area (Å²) in [6, 6.07) is 31.1. The summed E-state index contributed by atoms with van der Waals surface area (Å²) >= 11 is 0. The van der Waals surface area contributed by atoms with Crippen LogP contribution < -0.4 is 31.3 Å². The number of nitrogens with one attached hydrogen (secondary N) is 5. The van der Waals surface area contributed by atoms with Crippen LogP contribution in [0.25, 0.3) is 11.1 Å². The van der Waals surface area contributed by atoms with Crippen LogP contribution in [0.5, 0.6) is 5.75 Å². The lowest BCUT2D eigenvalue weighted by molar-refractivity contribution is -0.134. The molecule has 0 spiro atoms. The van der Waals surface area contributed by atoms with E-state index in [1.54, 1.807) is 48.8 Å². The Morgan fingerprint density at radius 3 is 1.85 bits per heavy atom. The Labute approximate surface area is 353 Å². The number of aromatic nitrogens is 1. The van der Waals surface area contributed by atoms with Gasteiger partial charge in [-0.05, 0) is 70.5 Å². The maximum absolute atomic E-state index is 14.5. The fraction of sp³-hybridized carbons (Fsp3) is 0.244. The number of hydrogen-bond acceptors (Lipinski definition) is 9. The number of ether oxygens (including phenoxy) is 1. The number of carbonyl (C=O) groups is 5. The highest BCUT2D eigenvalue weighted by atomic mass is 32.2. The third kappa shape index (κ3) is 13.6. The Bertz CT molecular complexity index is 2390. The van der Waals surface area contributed by atoms with Gasteiger partial charge in [0, 0.05) is 31.7 Å². The molecule has 0 saturated carbocycles. The summed E-state index contributed by atoms with van der Waals surface area (Å²) in [7, 11) is -4.61. The molecule has 0 unspecified atom stereocenters. The van der Waals surface area contributed by atoms with Crippen LogP contribution in [0.3, 0.4) is 0 Å². The second-order valence-corrected chi connectivity index (χ2v) is 16.0. The maximum atomic E-state index is 14.5. The molecule has 1 aromatic heterocycles. The third-order valence-electron chi connectivity index (χ3n) is 9.97. The molecule has 0 saturated heterocycles. The summed E-state index contributed by atoms with van der Waals surface area (Å²) in [5.41, 5.74) is 4.69. The van der Waals surface area contributed by atoms with Gasteiger partial charge < -0.3 is 31.3 Å². The van der Waals surface area contributed by atoms with Crippen LogP contribution in [0, 0.1) is 0 Å². The van der Waals surface area contributed by atoms with E-state index in [9.17, 15) is 36.9 Å². The van der Waals surface area contributed by atoms with Gasteiger partial charge in [-0.25, -0.2) is 0 Å². The van der Waals surface area contributed by atoms with E-state index in [4.69, 9.17) is 4.74 Å². The minimum Gasteiger partial charge on any atom is -0.484 e. The van der Waals surface area contributed by atoms with Gasteiger partial charge in [-0.3, -0.25) is 33.5 Å². The minimum absolute atomic E-state index is 0.00660. The summed E-state index contributed by atoms with van der Waals surface area (Å²) in [6.45, 7) is -0.461. The molecule has 7 rings (SSSR count). The van der Waals surface area contributed by atoms with Crippen molar-refractivity contribution in [2.75, 3.05) is 12.5 Å². The SMILES string of the molecule is O=C1COc2ccc(cc2)C[C@@H](C(=O)NCS(=O)(=O)O)NC(=O)[C@H](CCc2ccccc2)NC(=O)[C@@H](Cc2ccc(-c3ccccc3)cc2)NC(=O)[C@H](Cc2ccncc2)N1. The monoisotopic (exact) mass is 846 g/mol. The number of hydrogen-bond donors (Lipinski definition) is 6. The predicted molar refractivity (Wildman–Crippen MR) is 226 cm³/mol. The fourth-order valence-electron chi connectivity index (χ4n) is 6.75. The van der Waals surface area contributed by atoms with Gasteiger partial charge in [0.1, 0.15) is 35.8 Å². The average molecular weight is 847 g/mol. The van der Waals surface area contributed by atoms with Crippen molar-refractivity contribution in [3.8, 4) is 16.9 Å². The molecule has 2 bridgehead atoms. The number of carbonyl (C=O) groups excluding carboxylic acids is 5. The molecule has 61 heavy (non-hydrogen) atoms. The Balaban J connectivity index is 1.35. The first kappa shape index (κ1) is 43.7. The lowest BCUT2D eigenvalue weighted by atomic mass is 9.98. The first-order chi connectivity index (χ1) is 29.4. The average Bonchev–Trinajstić information content (AvgIpc) is 3.26. The molecule has 4 atom stereocenters. The molecule has 0 radical (unpaired) electrons. The zero-order valence-electron chi connectivity index (χ0n) is 33.0. The van der Waals surface area contributed by atoms with Crippen molar-refractivity contribution in [1.29, 1.82) is 0 Å². The molecule has 6 N–H and O–H groups in total. The molecule has 0 aliphatic carbocycles. The molecule has 2 aliphatic rings. The second kappa shape index (κ2) is 20.9. The summed E-state index contributed by atoms with van der Waals surface area (Å²) < 4.78 is 38.1. The molecule has 5 amide bonds. The predicted octanol–water partition coefficient (Wildman–Crippen LogP) is 2.70. The van der Waals surface area contributed by atoms with Gasteiger partial charge in [0.25, 0.3) is 16.0 Å². The van der Waals surface area contributed by atoms with E-state index in [1.807, 2.05) is 84.9 Å². The van der Waals surface area contributed by atoms with E-state index in [-0.39, 0.29) is 31.4 Å². The summed E-state index contributed by atoms with van der Waals surface area (Å²) in [4.78, 5) is 73.8. The minimum atomic E-state index is -4.61. The molecular weight excluding hydrogens is 801 g/mol. The van der Waals surface area contributed by atoms with Gasteiger partial charge in [0.15, 0.2) is 6.61 Å². The third-order valence-corrected chi connectivity index (χ3v) is 10.5. The summed E-state index contributed by atoms with van der Waals surface area (Å²) in [5, 5.41) is 13.2. The Morgan fingerprint density at radius 2 is 1.21 bits per heavy atom. The van der Waals surface area contributed by atoms with Crippen LogP contribution in [0.15, 0.2) is 134 Å². The molecule has 15 nitrogen and oxygen atoms in total. The number of fused-ring (bicyclic) bond motifs is 16. The van der Waals surface area contributed by atoms with Crippen molar-refractivity contribution in [3.05, 3.63) is 156 Å². The Kier molecular flexibility index (Phi) is 14.9. The number of nitrogens with zero attached hydrogens (tertiary/aromatic N) is 1. The van der Waals surface area contributed by atoms with E-state index >= 15 is 0 Å². The van der Waals surface area contributed by atoms with Crippen molar-refractivity contribution >= 4 is 39.7 Å². The maximum Gasteiger partial charge on any atom is 0.283 e. The fourth-order valence-corrected chi connectivity index (χ4v) is 7.08. The van der Waals surface area contributed by atoms with E-state index in [0.29, 0.717) is 23.1 Å². The molecule has 2 aliphatic heterocycles. The van der Waals surface area contributed by atoms with Gasteiger partial charge in [0.05, 0.1) is 0 Å². The quantitative estimate of drug-likeness (QED) is 0.0843. The van der Waals surface area contributed by atoms with E-state index in [2.05, 4.69) is 31.6 Å². The van der Waals surface area contributed by atoms with Crippen molar-refractivity contribution in [3.63, 3.8) is 0 Å². The van der Waals surface area contributed by atoms with Crippen molar-refractivity contribution in [2.45, 2.75) is 56.3 Å². The van der Waals surface area contributed by atoms with Crippen molar-refractivity contribution in [2.24, 2.45) is 0 Å². The largest absolute Gasteiger partial charge is 0.484 e. The van der Waals surface area contributed by atoms with Crippen LogP contribution in [0.2, 0.25) is 0 Å². The van der Waals surface area contributed by atoms with Gasteiger partial charge in [0.2, 0.25) is 23.6 Å². The zero-order valence-corrected chi connectivity index (χ0v) is 33.8. The summed E-state index contributed by atoms with van der Waals surface area (Å²) in [5.74, 6) is -4.48. The number of benzene rings is 4.